The molecule has 0 aliphatic heterocycles. The topological polar surface area (TPSA) is 12.9 Å². The lowest BCUT2D eigenvalue weighted by atomic mass is 10.1. The molecule has 0 atom stereocenters. The number of halogens is 2. The minimum absolute atomic E-state index is 0.279. The van der Waals surface area contributed by atoms with Crippen LogP contribution in [-0.2, 0) is 0 Å². The Bertz CT molecular complexity index is 520. The van der Waals surface area contributed by atoms with Crippen LogP contribution in [0.4, 0.5) is 4.39 Å². The molecule has 0 saturated carbocycles. The van der Waals surface area contributed by atoms with Crippen molar-refractivity contribution in [3.05, 3.63) is 52.9 Å². The minimum atomic E-state index is -0.309. The Balaban J connectivity index is 2.50. The minimum Gasteiger partial charge on any atom is -0.249 e. The molecule has 0 fully saturated rings. The SMILES string of the molecule is CC(C)c1ccc(F)c(-c2ccc(Cl)cc2)n1. The maximum absolute atomic E-state index is 13.7. The number of hydrogen-bond donors (Lipinski definition) is 0. The van der Waals surface area contributed by atoms with Crippen molar-refractivity contribution in [3.8, 4) is 11.3 Å². The molecule has 0 saturated heterocycles. The molecule has 1 nitrogen and oxygen atoms in total. The van der Waals surface area contributed by atoms with E-state index in [1.807, 2.05) is 13.8 Å². The fraction of sp³-hybridized carbons (Fsp3) is 0.214. The number of nitrogens with zero attached hydrogens (tertiary/aromatic N) is 1. The summed E-state index contributed by atoms with van der Waals surface area (Å²) in [7, 11) is 0. The molecule has 2 rings (SSSR count). The van der Waals surface area contributed by atoms with Gasteiger partial charge in [-0.25, -0.2) is 9.37 Å². The van der Waals surface area contributed by atoms with Gasteiger partial charge in [0.25, 0.3) is 0 Å². The van der Waals surface area contributed by atoms with Crippen LogP contribution < -0.4 is 0 Å². The van der Waals surface area contributed by atoms with Crippen LogP contribution in [0.3, 0.4) is 0 Å². The quantitative estimate of drug-likeness (QED) is 0.754. The van der Waals surface area contributed by atoms with E-state index >= 15 is 0 Å². The summed E-state index contributed by atoms with van der Waals surface area (Å²) < 4.78 is 13.7. The first kappa shape index (κ1) is 12.1. The number of hydrogen-bond acceptors (Lipinski definition) is 1. The fourth-order valence-electron chi connectivity index (χ4n) is 1.59. The van der Waals surface area contributed by atoms with Crippen LogP contribution >= 0.6 is 11.6 Å². The Morgan fingerprint density at radius 3 is 2.29 bits per heavy atom. The average molecular weight is 250 g/mol. The molecule has 0 spiro atoms. The second kappa shape index (κ2) is 4.84. The standard InChI is InChI=1S/C14H13ClFN/c1-9(2)13-8-7-12(16)14(17-13)10-3-5-11(15)6-4-10/h3-9H,1-2H3. The summed E-state index contributed by atoms with van der Waals surface area (Å²) in [6, 6.07) is 10.2. The van der Waals surface area contributed by atoms with Gasteiger partial charge in [-0.1, -0.05) is 37.6 Å². The number of pyridine rings is 1. The molecule has 0 N–H and O–H groups in total. The molecule has 1 aromatic carbocycles. The molecule has 1 heterocycles. The first-order chi connectivity index (χ1) is 8.08. The molecular formula is C14H13ClFN. The highest BCUT2D eigenvalue weighted by Gasteiger charge is 2.09. The molecular weight excluding hydrogens is 237 g/mol. The van der Waals surface area contributed by atoms with E-state index in [2.05, 4.69) is 4.98 Å². The monoisotopic (exact) mass is 249 g/mol. The second-order valence-corrected chi connectivity index (χ2v) is 4.66. The highest BCUT2D eigenvalue weighted by Crippen LogP contribution is 2.24. The lowest BCUT2D eigenvalue weighted by molar-refractivity contribution is 0.622. The summed E-state index contributed by atoms with van der Waals surface area (Å²) in [4.78, 5) is 4.35. The van der Waals surface area contributed by atoms with Crippen molar-refractivity contribution in [2.75, 3.05) is 0 Å². The first-order valence-corrected chi connectivity index (χ1v) is 5.88. The van der Waals surface area contributed by atoms with Gasteiger partial charge in [0.1, 0.15) is 11.5 Å². The van der Waals surface area contributed by atoms with Gasteiger partial charge in [0, 0.05) is 16.3 Å². The van der Waals surface area contributed by atoms with Gasteiger partial charge in [0.15, 0.2) is 0 Å². The van der Waals surface area contributed by atoms with E-state index < -0.39 is 0 Å². The van der Waals surface area contributed by atoms with Gasteiger partial charge in [-0.2, -0.15) is 0 Å². The Hall–Kier alpha value is -1.41. The van der Waals surface area contributed by atoms with Crippen LogP contribution in [-0.4, -0.2) is 4.98 Å². The molecule has 1 aromatic heterocycles. The fourth-order valence-corrected chi connectivity index (χ4v) is 1.71. The van der Waals surface area contributed by atoms with E-state index in [1.54, 1.807) is 30.3 Å². The van der Waals surface area contributed by atoms with Crippen molar-refractivity contribution >= 4 is 11.6 Å². The molecule has 0 aliphatic carbocycles. The predicted molar refractivity (Wildman–Crippen MR) is 68.7 cm³/mol. The van der Waals surface area contributed by atoms with Crippen molar-refractivity contribution < 1.29 is 4.39 Å². The van der Waals surface area contributed by atoms with Gasteiger partial charge in [0.05, 0.1) is 0 Å². The highest BCUT2D eigenvalue weighted by atomic mass is 35.5. The zero-order valence-electron chi connectivity index (χ0n) is 9.74. The number of aromatic nitrogens is 1. The zero-order chi connectivity index (χ0) is 12.4. The molecule has 88 valence electrons. The van der Waals surface area contributed by atoms with E-state index in [0.29, 0.717) is 10.7 Å². The summed E-state index contributed by atoms with van der Waals surface area (Å²) in [5, 5.41) is 0.633. The third-order valence-corrected chi connectivity index (χ3v) is 2.83. The van der Waals surface area contributed by atoms with Crippen LogP contribution in [0.5, 0.6) is 0 Å². The second-order valence-electron chi connectivity index (χ2n) is 4.23. The molecule has 17 heavy (non-hydrogen) atoms. The summed E-state index contributed by atoms with van der Waals surface area (Å²) in [5.74, 6) is -0.0293. The van der Waals surface area contributed by atoms with Crippen LogP contribution in [0.2, 0.25) is 5.02 Å². The normalized spacial score (nSPS) is 10.9. The summed E-state index contributed by atoms with van der Waals surface area (Å²) >= 11 is 5.81. The van der Waals surface area contributed by atoms with E-state index in [4.69, 9.17) is 11.6 Å². The Morgan fingerprint density at radius 2 is 1.71 bits per heavy atom. The van der Waals surface area contributed by atoms with Crippen molar-refractivity contribution in [3.63, 3.8) is 0 Å². The van der Waals surface area contributed by atoms with Crippen molar-refractivity contribution in [1.82, 2.24) is 4.98 Å². The molecule has 2 aromatic rings. The summed E-state index contributed by atoms with van der Waals surface area (Å²) in [6.45, 7) is 4.07. The van der Waals surface area contributed by atoms with Crippen LogP contribution in [0.15, 0.2) is 36.4 Å². The van der Waals surface area contributed by atoms with Gasteiger partial charge in [-0.05, 0) is 30.2 Å². The Kier molecular flexibility index (Phi) is 3.43. The Labute approximate surface area is 105 Å². The molecule has 0 amide bonds. The van der Waals surface area contributed by atoms with Gasteiger partial charge in [0.2, 0.25) is 0 Å². The maximum Gasteiger partial charge on any atom is 0.149 e. The predicted octanol–water partition coefficient (Wildman–Crippen LogP) is 4.66. The van der Waals surface area contributed by atoms with E-state index in [0.717, 1.165) is 11.3 Å². The number of benzene rings is 1. The van der Waals surface area contributed by atoms with E-state index in [9.17, 15) is 4.39 Å². The van der Waals surface area contributed by atoms with Gasteiger partial charge >= 0.3 is 0 Å². The van der Waals surface area contributed by atoms with Crippen molar-refractivity contribution in [2.45, 2.75) is 19.8 Å². The smallest absolute Gasteiger partial charge is 0.149 e. The lowest BCUT2D eigenvalue weighted by Crippen LogP contribution is -1.97. The highest BCUT2D eigenvalue weighted by molar-refractivity contribution is 6.30. The largest absolute Gasteiger partial charge is 0.249 e. The summed E-state index contributed by atoms with van der Waals surface area (Å²) in [6.07, 6.45) is 0. The maximum atomic E-state index is 13.7. The third kappa shape index (κ3) is 2.64. The van der Waals surface area contributed by atoms with Gasteiger partial charge in [-0.15, -0.1) is 0 Å². The van der Waals surface area contributed by atoms with Crippen LogP contribution in [0, 0.1) is 5.82 Å². The molecule has 0 bridgehead atoms. The molecule has 0 unspecified atom stereocenters. The zero-order valence-corrected chi connectivity index (χ0v) is 10.5. The van der Waals surface area contributed by atoms with Crippen molar-refractivity contribution in [2.24, 2.45) is 0 Å². The van der Waals surface area contributed by atoms with Crippen molar-refractivity contribution in [1.29, 1.82) is 0 Å². The third-order valence-electron chi connectivity index (χ3n) is 2.58. The van der Waals surface area contributed by atoms with Crippen LogP contribution in [0.25, 0.3) is 11.3 Å². The molecule has 0 aliphatic rings. The number of rotatable bonds is 2. The molecule has 3 heteroatoms. The van der Waals surface area contributed by atoms with E-state index in [-0.39, 0.29) is 11.7 Å². The molecule has 0 radical (unpaired) electrons. The average Bonchev–Trinajstić information content (AvgIpc) is 2.31. The summed E-state index contributed by atoms with van der Waals surface area (Å²) in [5.41, 5.74) is 2.01. The van der Waals surface area contributed by atoms with Gasteiger partial charge < -0.3 is 0 Å². The first-order valence-electron chi connectivity index (χ1n) is 5.50. The van der Waals surface area contributed by atoms with Gasteiger partial charge in [-0.3, -0.25) is 0 Å². The lowest BCUT2D eigenvalue weighted by Gasteiger charge is -2.08. The van der Waals surface area contributed by atoms with Crippen LogP contribution in [0.1, 0.15) is 25.5 Å². The van der Waals surface area contributed by atoms with E-state index in [1.165, 1.54) is 6.07 Å². The Morgan fingerprint density at radius 1 is 1.06 bits per heavy atom.